The normalized spacial score (nSPS) is 10.3. The van der Waals surface area contributed by atoms with Gasteiger partial charge in [0.2, 0.25) is 0 Å². The van der Waals surface area contributed by atoms with Crippen molar-refractivity contribution in [3.05, 3.63) is 38.9 Å². The lowest BCUT2D eigenvalue weighted by molar-refractivity contribution is 1.11. The van der Waals surface area contributed by atoms with E-state index in [-0.39, 0.29) is 0 Å². The number of nitrogens with zero attached hydrogens (tertiary/aromatic N) is 2. The Kier molecular flexibility index (Phi) is 3.33. The van der Waals surface area contributed by atoms with Crippen molar-refractivity contribution >= 4 is 33.1 Å². The largest absolute Gasteiger partial charge is 0.364 e. The second kappa shape index (κ2) is 4.72. The second-order valence-corrected chi connectivity index (χ2v) is 4.99. The van der Waals surface area contributed by atoms with Gasteiger partial charge in [0, 0.05) is 17.3 Å². The summed E-state index contributed by atoms with van der Waals surface area (Å²) in [7, 11) is 0. The molecule has 0 aliphatic carbocycles. The molecule has 0 aliphatic heterocycles. The number of rotatable bonds is 3. The average molecular weight is 284 g/mol. The molecule has 3 nitrogen and oxygen atoms in total. The van der Waals surface area contributed by atoms with Crippen molar-refractivity contribution < 1.29 is 0 Å². The zero-order chi connectivity index (χ0) is 10.7. The maximum atomic E-state index is 4.30. The minimum atomic E-state index is 0.763. The Labute approximate surface area is 101 Å². The van der Waals surface area contributed by atoms with Gasteiger partial charge in [-0.2, -0.15) is 0 Å². The fraction of sp³-hybridized carbons (Fsp3) is 0.200. The van der Waals surface area contributed by atoms with E-state index in [1.165, 1.54) is 4.88 Å². The molecule has 78 valence electrons. The minimum absolute atomic E-state index is 0.763. The van der Waals surface area contributed by atoms with Crippen molar-refractivity contribution in [1.29, 1.82) is 0 Å². The number of aryl methyl sites for hydroxylation is 1. The van der Waals surface area contributed by atoms with E-state index >= 15 is 0 Å². The maximum absolute atomic E-state index is 4.30. The van der Waals surface area contributed by atoms with Gasteiger partial charge < -0.3 is 5.32 Å². The highest BCUT2D eigenvalue weighted by Crippen LogP contribution is 2.21. The summed E-state index contributed by atoms with van der Waals surface area (Å²) in [6.45, 7) is 2.78. The minimum Gasteiger partial charge on any atom is -0.364 e. The van der Waals surface area contributed by atoms with Gasteiger partial charge in [-0.25, -0.2) is 4.98 Å². The molecule has 0 unspecified atom stereocenters. The number of nitrogens with one attached hydrogen (secondary N) is 1. The van der Waals surface area contributed by atoms with Gasteiger partial charge in [0.25, 0.3) is 0 Å². The third kappa shape index (κ3) is 2.76. The van der Waals surface area contributed by atoms with Crippen molar-refractivity contribution in [3.63, 3.8) is 0 Å². The van der Waals surface area contributed by atoms with E-state index in [1.54, 1.807) is 11.3 Å². The van der Waals surface area contributed by atoms with Crippen molar-refractivity contribution in [2.75, 3.05) is 5.32 Å². The first-order chi connectivity index (χ1) is 7.25. The molecule has 15 heavy (non-hydrogen) atoms. The van der Waals surface area contributed by atoms with Gasteiger partial charge in [-0.05, 0) is 34.5 Å². The number of thiazole rings is 1. The molecule has 0 aliphatic rings. The molecule has 2 aromatic heterocycles. The molecule has 0 fully saturated rings. The van der Waals surface area contributed by atoms with Crippen LogP contribution in [0.3, 0.4) is 0 Å². The molecule has 0 bridgehead atoms. The summed E-state index contributed by atoms with van der Waals surface area (Å²) in [5, 5.41) is 3.25. The Bertz CT molecular complexity index is 442. The van der Waals surface area contributed by atoms with Crippen LogP contribution in [0.1, 0.15) is 10.4 Å². The number of anilines is 1. The van der Waals surface area contributed by atoms with Gasteiger partial charge in [0.05, 0.1) is 16.5 Å². The summed E-state index contributed by atoms with van der Waals surface area (Å²) in [4.78, 5) is 9.52. The fourth-order valence-electron chi connectivity index (χ4n) is 1.16. The predicted octanol–water partition coefficient (Wildman–Crippen LogP) is 3.22. The van der Waals surface area contributed by atoms with Crippen LogP contribution in [0, 0.1) is 6.92 Å². The van der Waals surface area contributed by atoms with E-state index in [9.17, 15) is 0 Å². The first-order valence-electron chi connectivity index (χ1n) is 4.49. The van der Waals surface area contributed by atoms with E-state index in [4.69, 9.17) is 0 Å². The quantitative estimate of drug-likeness (QED) is 0.940. The van der Waals surface area contributed by atoms with Gasteiger partial charge in [-0.15, -0.1) is 11.3 Å². The molecule has 2 aromatic rings. The Morgan fingerprint density at radius 2 is 2.33 bits per heavy atom. The Morgan fingerprint density at radius 3 is 3.00 bits per heavy atom. The lowest BCUT2D eigenvalue weighted by atomic mass is 10.3. The molecule has 0 aromatic carbocycles. The molecule has 0 saturated carbocycles. The first-order valence-corrected chi connectivity index (χ1v) is 6.16. The highest BCUT2D eigenvalue weighted by molar-refractivity contribution is 9.10. The topological polar surface area (TPSA) is 37.8 Å². The standard InChI is InChI=1S/C10H10BrN3S/c1-7-2-9(11)10(13-3-7)14-5-8-4-12-6-15-8/h2-4,6H,5H2,1H3,(H,13,14). The molecule has 0 amide bonds. The van der Waals surface area contributed by atoms with Crippen molar-refractivity contribution in [3.8, 4) is 0 Å². The average Bonchev–Trinajstić information content (AvgIpc) is 2.69. The Balaban J connectivity index is 2.05. The predicted molar refractivity (Wildman–Crippen MR) is 66.1 cm³/mol. The van der Waals surface area contributed by atoms with Crippen LogP contribution in [-0.4, -0.2) is 9.97 Å². The van der Waals surface area contributed by atoms with E-state index in [1.807, 2.05) is 30.9 Å². The number of aromatic nitrogens is 2. The summed E-state index contributed by atoms with van der Waals surface area (Å²) in [5.41, 5.74) is 2.97. The lowest BCUT2D eigenvalue weighted by Gasteiger charge is -2.06. The van der Waals surface area contributed by atoms with Gasteiger partial charge in [-0.1, -0.05) is 0 Å². The molecule has 5 heteroatoms. The van der Waals surface area contributed by atoms with Crippen molar-refractivity contribution in [2.24, 2.45) is 0 Å². The summed E-state index contributed by atoms with van der Waals surface area (Å²) in [5.74, 6) is 0.869. The summed E-state index contributed by atoms with van der Waals surface area (Å²) in [6.07, 6.45) is 3.71. The van der Waals surface area contributed by atoms with E-state index < -0.39 is 0 Å². The molecule has 2 heterocycles. The zero-order valence-corrected chi connectivity index (χ0v) is 10.6. The monoisotopic (exact) mass is 283 g/mol. The summed E-state index contributed by atoms with van der Waals surface area (Å²) in [6, 6.07) is 2.04. The third-order valence-electron chi connectivity index (χ3n) is 1.89. The molecular formula is C10H10BrN3S. The maximum Gasteiger partial charge on any atom is 0.140 e. The van der Waals surface area contributed by atoms with Gasteiger partial charge in [-0.3, -0.25) is 4.98 Å². The summed E-state index contributed by atoms with van der Waals surface area (Å²) < 4.78 is 0.993. The van der Waals surface area contributed by atoms with Gasteiger partial charge in [0.15, 0.2) is 0 Å². The highest BCUT2D eigenvalue weighted by Gasteiger charge is 2.01. The zero-order valence-electron chi connectivity index (χ0n) is 8.20. The van der Waals surface area contributed by atoms with Gasteiger partial charge >= 0.3 is 0 Å². The molecule has 0 radical (unpaired) electrons. The van der Waals surface area contributed by atoms with Crippen LogP contribution >= 0.6 is 27.3 Å². The number of hydrogen-bond acceptors (Lipinski definition) is 4. The van der Waals surface area contributed by atoms with Crippen LogP contribution in [0.2, 0.25) is 0 Å². The molecule has 2 rings (SSSR count). The highest BCUT2D eigenvalue weighted by atomic mass is 79.9. The SMILES string of the molecule is Cc1cnc(NCc2cncs2)c(Br)c1. The van der Waals surface area contributed by atoms with Crippen LogP contribution in [-0.2, 0) is 6.54 Å². The first kappa shape index (κ1) is 10.6. The van der Waals surface area contributed by atoms with Crippen LogP contribution < -0.4 is 5.32 Å². The van der Waals surface area contributed by atoms with Gasteiger partial charge in [0.1, 0.15) is 5.82 Å². The van der Waals surface area contributed by atoms with E-state index in [0.717, 1.165) is 22.4 Å². The Morgan fingerprint density at radius 1 is 1.47 bits per heavy atom. The van der Waals surface area contributed by atoms with Crippen LogP contribution in [0.25, 0.3) is 0 Å². The van der Waals surface area contributed by atoms with Crippen LogP contribution in [0.4, 0.5) is 5.82 Å². The molecule has 0 saturated heterocycles. The number of pyridine rings is 1. The number of hydrogen-bond donors (Lipinski definition) is 1. The molecular weight excluding hydrogens is 274 g/mol. The third-order valence-corrected chi connectivity index (χ3v) is 3.28. The van der Waals surface area contributed by atoms with E-state index in [0.29, 0.717) is 0 Å². The van der Waals surface area contributed by atoms with Crippen LogP contribution in [0.15, 0.2) is 28.4 Å². The summed E-state index contributed by atoms with van der Waals surface area (Å²) >= 11 is 5.11. The van der Waals surface area contributed by atoms with Crippen molar-refractivity contribution in [1.82, 2.24) is 9.97 Å². The second-order valence-electron chi connectivity index (χ2n) is 3.16. The van der Waals surface area contributed by atoms with Crippen molar-refractivity contribution in [2.45, 2.75) is 13.5 Å². The Hall–Kier alpha value is -0.940. The fourth-order valence-corrected chi connectivity index (χ4v) is 2.30. The molecule has 0 atom stereocenters. The van der Waals surface area contributed by atoms with Crippen LogP contribution in [0.5, 0.6) is 0 Å². The number of halogens is 1. The lowest BCUT2D eigenvalue weighted by Crippen LogP contribution is -2.00. The molecule has 1 N–H and O–H groups in total. The van der Waals surface area contributed by atoms with E-state index in [2.05, 4.69) is 31.2 Å². The smallest absolute Gasteiger partial charge is 0.140 e. The molecule has 0 spiro atoms.